The molecule has 246 valence electrons. The summed E-state index contributed by atoms with van der Waals surface area (Å²) in [6.45, 7) is 0.0158. The van der Waals surface area contributed by atoms with Crippen LogP contribution in [0.1, 0.15) is 49.3 Å². The summed E-state index contributed by atoms with van der Waals surface area (Å²) in [6.07, 6.45) is 0. The molecule has 1 aliphatic rings. The van der Waals surface area contributed by atoms with Gasteiger partial charge in [-0.25, -0.2) is 4.79 Å². The van der Waals surface area contributed by atoms with Crippen LogP contribution in [0.2, 0.25) is 0 Å². The molecule has 0 spiro atoms. The number of carboxylic acid groups (broad SMARTS) is 4. The van der Waals surface area contributed by atoms with Crippen molar-refractivity contribution in [1.82, 2.24) is 9.80 Å². The van der Waals surface area contributed by atoms with Crippen LogP contribution in [0, 0.1) is 13.8 Å². The number of hydrogen-bond donors (Lipinski definition) is 6. The number of hydrogen-bond acceptors (Lipinski definition) is 10. The second kappa shape index (κ2) is 16.8. The number of nitrogens with zero attached hydrogens (tertiary/aromatic N) is 2. The van der Waals surface area contributed by atoms with E-state index < -0.39 is 61.6 Å². The van der Waals surface area contributed by atoms with Crippen molar-refractivity contribution in [3.63, 3.8) is 0 Å². The molecule has 3 aromatic carbocycles. The molecule has 0 amide bonds. The number of rotatable bonds is 14. The molecular weight excluding hydrogens is 650 g/mol. The van der Waals surface area contributed by atoms with Gasteiger partial charge in [-0.2, -0.15) is 0 Å². The van der Waals surface area contributed by atoms with Gasteiger partial charge in [0.15, 0.2) is 5.60 Å². The Morgan fingerprint density at radius 1 is 0.667 bits per heavy atom. The van der Waals surface area contributed by atoms with Gasteiger partial charge in [-0.15, -0.1) is 0 Å². The van der Waals surface area contributed by atoms with Gasteiger partial charge >= 0.3 is 89.0 Å². The van der Waals surface area contributed by atoms with Crippen LogP contribution in [-0.4, -0.2) is 156 Å². The van der Waals surface area contributed by atoms with Crippen LogP contribution in [-0.2, 0) is 42.6 Å². The number of esters is 1. The van der Waals surface area contributed by atoms with Gasteiger partial charge < -0.3 is 35.4 Å². The Balaban J connectivity index is 0.00000400. The molecule has 0 atom stereocenters. The van der Waals surface area contributed by atoms with E-state index in [9.17, 15) is 54.6 Å². The number of fused-ring (bicyclic) bond motifs is 1. The molecule has 0 unspecified atom stereocenters. The number of aromatic hydroxyl groups is 2. The molecule has 6 N–H and O–H groups in total. The van der Waals surface area contributed by atoms with Crippen molar-refractivity contribution in [2.75, 3.05) is 26.2 Å². The summed E-state index contributed by atoms with van der Waals surface area (Å²) in [5.74, 6) is -6.26. The van der Waals surface area contributed by atoms with Gasteiger partial charge in [-0.05, 0) is 55.3 Å². The molecule has 1 aliphatic heterocycles. The molecule has 0 saturated carbocycles. The molecular formula is C32H34N2Na2O12. The van der Waals surface area contributed by atoms with Crippen LogP contribution in [0.4, 0.5) is 0 Å². The number of phenolic OH excluding ortho intramolecular Hbond substituents is 2. The summed E-state index contributed by atoms with van der Waals surface area (Å²) >= 11 is 0. The SMILES string of the molecule is Cc1cc(C2(c3cc(C)c(O)c(CN(CC(=O)O)CC(=O)O)c3)OC(=O)c3ccccc32)cc(CN(CC(=O)O)CC(=O)O)c1O.[NaH].[NaH]. The van der Waals surface area contributed by atoms with E-state index in [1.54, 1.807) is 50.2 Å². The minimum atomic E-state index is -1.71. The molecule has 0 radical (unpaired) electrons. The van der Waals surface area contributed by atoms with E-state index in [1.807, 2.05) is 0 Å². The summed E-state index contributed by atoms with van der Waals surface area (Å²) in [5.41, 5.74) is 0.459. The average Bonchev–Trinajstić information content (AvgIpc) is 3.25. The van der Waals surface area contributed by atoms with Crippen LogP contribution < -0.4 is 0 Å². The number of aliphatic carboxylic acids is 4. The first-order valence-corrected chi connectivity index (χ1v) is 13.9. The zero-order valence-electron chi connectivity index (χ0n) is 24.9. The van der Waals surface area contributed by atoms with Crippen LogP contribution in [0.15, 0.2) is 48.5 Å². The Morgan fingerprint density at radius 3 is 1.42 bits per heavy atom. The second-order valence-electron chi connectivity index (χ2n) is 11.1. The Labute approximate surface area is 319 Å². The Hall–Kier alpha value is -3.47. The van der Waals surface area contributed by atoms with E-state index in [-0.39, 0.29) is 100 Å². The number of phenols is 2. The van der Waals surface area contributed by atoms with Crippen molar-refractivity contribution in [3.8, 4) is 11.5 Å². The van der Waals surface area contributed by atoms with Gasteiger partial charge in [0.1, 0.15) is 11.5 Å². The third-order valence-electron chi connectivity index (χ3n) is 7.57. The molecule has 0 aliphatic carbocycles. The molecule has 14 nitrogen and oxygen atoms in total. The molecule has 0 bridgehead atoms. The standard InChI is InChI=1S/C32H32N2O12.2Na.2H/c1-17-7-21(9-19(29(17)43)11-33(13-25(35)36)14-26(37)38)32(24-6-4-3-5-23(24)31(45)46-32)22-8-18(2)30(44)20(10-22)12-34(15-27(39)40)16-28(41)42;;;;/h3-10,43-44H,11-16H2,1-2H3,(H,35,36)(H,37,38)(H,39,40)(H,41,42);;;;. The second-order valence-corrected chi connectivity index (χ2v) is 11.1. The molecule has 4 rings (SSSR count). The fraction of sp³-hybridized carbons (Fsp3) is 0.281. The van der Waals surface area contributed by atoms with Crippen LogP contribution >= 0.6 is 0 Å². The monoisotopic (exact) mass is 684 g/mol. The van der Waals surface area contributed by atoms with Gasteiger partial charge in [-0.3, -0.25) is 29.0 Å². The van der Waals surface area contributed by atoms with E-state index in [4.69, 9.17) is 4.74 Å². The molecule has 1 heterocycles. The summed E-state index contributed by atoms with van der Waals surface area (Å²) in [6, 6.07) is 12.6. The number of benzene rings is 3. The number of aryl methyl sites for hydroxylation is 2. The summed E-state index contributed by atoms with van der Waals surface area (Å²) in [5, 5.41) is 59.3. The van der Waals surface area contributed by atoms with Gasteiger partial charge in [0, 0.05) is 40.9 Å². The van der Waals surface area contributed by atoms with Crippen molar-refractivity contribution in [2.45, 2.75) is 32.5 Å². The Bertz CT molecular complexity index is 1620. The molecule has 0 aromatic heterocycles. The van der Waals surface area contributed by atoms with Crippen LogP contribution in [0.3, 0.4) is 0 Å². The summed E-state index contributed by atoms with van der Waals surface area (Å²) in [7, 11) is 0. The van der Waals surface area contributed by atoms with Crippen molar-refractivity contribution in [1.29, 1.82) is 0 Å². The van der Waals surface area contributed by atoms with Crippen LogP contribution in [0.5, 0.6) is 11.5 Å². The van der Waals surface area contributed by atoms with E-state index >= 15 is 0 Å². The molecule has 48 heavy (non-hydrogen) atoms. The van der Waals surface area contributed by atoms with Gasteiger partial charge in [0.05, 0.1) is 31.7 Å². The quantitative estimate of drug-likeness (QED) is 0.102. The number of ether oxygens (including phenoxy) is 1. The number of carboxylic acids is 4. The maximum atomic E-state index is 13.3. The molecule has 0 fully saturated rings. The topological polar surface area (TPSA) is 222 Å². The van der Waals surface area contributed by atoms with Gasteiger partial charge in [0.2, 0.25) is 0 Å². The summed E-state index contributed by atoms with van der Waals surface area (Å²) < 4.78 is 6.15. The zero-order valence-corrected chi connectivity index (χ0v) is 24.9. The third kappa shape index (κ3) is 8.95. The minimum absolute atomic E-state index is 0. The first-order chi connectivity index (χ1) is 21.6. The van der Waals surface area contributed by atoms with E-state index in [1.165, 1.54) is 12.1 Å². The molecule has 0 saturated heterocycles. The number of cyclic esters (lactones) is 1. The number of carbonyl (C=O) groups excluding carboxylic acids is 1. The first kappa shape index (κ1) is 40.7. The molecule has 3 aromatic rings. The van der Waals surface area contributed by atoms with Crippen molar-refractivity contribution in [2.24, 2.45) is 0 Å². The van der Waals surface area contributed by atoms with Crippen molar-refractivity contribution in [3.05, 3.63) is 93.0 Å². The van der Waals surface area contributed by atoms with Crippen LogP contribution in [0.25, 0.3) is 0 Å². The normalized spacial score (nSPS) is 12.9. The van der Waals surface area contributed by atoms with E-state index in [2.05, 4.69) is 0 Å². The number of carbonyl (C=O) groups is 5. The Kier molecular flexibility index (Phi) is 14.2. The van der Waals surface area contributed by atoms with Crippen molar-refractivity contribution >= 4 is 89.0 Å². The third-order valence-corrected chi connectivity index (χ3v) is 7.57. The van der Waals surface area contributed by atoms with Gasteiger partial charge in [-0.1, -0.05) is 18.2 Å². The van der Waals surface area contributed by atoms with E-state index in [0.717, 1.165) is 9.80 Å². The fourth-order valence-electron chi connectivity index (χ4n) is 5.75. The first-order valence-electron chi connectivity index (χ1n) is 13.9. The molecule has 16 heteroatoms. The van der Waals surface area contributed by atoms with E-state index in [0.29, 0.717) is 27.8 Å². The maximum absolute atomic E-state index is 13.3. The Morgan fingerprint density at radius 2 is 1.04 bits per heavy atom. The zero-order chi connectivity index (χ0) is 33.9. The average molecular weight is 685 g/mol. The fourth-order valence-corrected chi connectivity index (χ4v) is 5.75. The van der Waals surface area contributed by atoms with Gasteiger partial charge in [0.25, 0.3) is 0 Å². The van der Waals surface area contributed by atoms with Crippen molar-refractivity contribution < 1.29 is 59.3 Å². The predicted molar refractivity (Wildman–Crippen MR) is 173 cm³/mol. The summed E-state index contributed by atoms with van der Waals surface area (Å²) in [4.78, 5) is 61.4. The predicted octanol–water partition coefficient (Wildman–Crippen LogP) is 0.822.